The van der Waals surface area contributed by atoms with E-state index in [0.717, 1.165) is 29.2 Å². The molecule has 3 aliphatic carbocycles. The average Bonchev–Trinajstić information content (AvgIpc) is 3.35. The van der Waals surface area contributed by atoms with Crippen molar-refractivity contribution in [2.24, 2.45) is 28.6 Å². The number of carbonyl (C=O) groups is 2. The van der Waals surface area contributed by atoms with Gasteiger partial charge in [-0.05, 0) is 91.4 Å². The van der Waals surface area contributed by atoms with Crippen LogP contribution >= 0.6 is 0 Å². The molecule has 2 amide bonds. The molecule has 0 aromatic heterocycles. The maximum Gasteiger partial charge on any atom is 0.257 e. The largest absolute Gasteiger partial charge is 0.497 e. The number of hydrogen-bond acceptors (Lipinski definition) is 3. The Morgan fingerprint density at radius 2 is 1.77 bits per heavy atom. The minimum Gasteiger partial charge on any atom is -0.497 e. The minimum absolute atomic E-state index is 0.109. The summed E-state index contributed by atoms with van der Waals surface area (Å²) in [6, 6.07) is 17.8. The van der Waals surface area contributed by atoms with Crippen molar-refractivity contribution in [3.05, 3.63) is 77.4 Å². The van der Waals surface area contributed by atoms with Crippen LogP contribution in [0.3, 0.4) is 0 Å². The number of fused-ring (bicyclic) bond motifs is 5. The standard InChI is InChI=1S/C34H42N2O3/c1-33-18-7-10-27(33)25-15-16-30-34(2,28(25)17-19-33)21-26(32(38)36-30)31(37)35-29(23-8-5-4-6-9-23)20-22-11-13-24(39-3)14-12-22/h4-6,8-9,11-14,21,25,27-30H,7,10,15-20H2,1-3H3,(H,35,37)(H,36,38)/t25-,27-,28+,29?,30?,33-,34+/m0/s1. The lowest BCUT2D eigenvalue weighted by Gasteiger charge is -2.58. The number of nitrogens with one attached hydrogen (secondary N) is 2. The third-order valence-corrected chi connectivity index (χ3v) is 10.9. The van der Waals surface area contributed by atoms with Crippen LogP contribution in [-0.2, 0) is 16.0 Å². The van der Waals surface area contributed by atoms with Gasteiger partial charge in [-0.1, -0.05) is 68.8 Å². The van der Waals surface area contributed by atoms with Crippen molar-refractivity contribution in [1.29, 1.82) is 0 Å². The second kappa shape index (κ2) is 10.1. The molecule has 39 heavy (non-hydrogen) atoms. The van der Waals surface area contributed by atoms with Gasteiger partial charge in [-0.25, -0.2) is 0 Å². The second-order valence-electron chi connectivity index (χ2n) is 13.0. The normalized spacial score (nSPS) is 34.0. The van der Waals surface area contributed by atoms with E-state index in [4.69, 9.17) is 4.74 Å². The van der Waals surface area contributed by atoms with Crippen molar-refractivity contribution in [3.8, 4) is 5.75 Å². The molecule has 1 aliphatic heterocycles. The fourth-order valence-electron chi connectivity index (χ4n) is 8.77. The van der Waals surface area contributed by atoms with Gasteiger partial charge in [-0.2, -0.15) is 0 Å². The SMILES string of the molecule is COc1ccc(CC(NC(=O)C2=C[C@@]3(C)C(CC[C@@H]4[C@H]3CC[C@]3(C)CCC[C@@H]43)NC2=O)c2ccccc2)cc1. The van der Waals surface area contributed by atoms with Crippen LogP contribution in [0, 0.1) is 28.6 Å². The summed E-state index contributed by atoms with van der Waals surface area (Å²) in [4.78, 5) is 27.2. The number of hydrogen-bond donors (Lipinski definition) is 2. The highest BCUT2D eigenvalue weighted by molar-refractivity contribution is 6.19. The van der Waals surface area contributed by atoms with Crippen LogP contribution in [0.5, 0.6) is 5.75 Å². The van der Waals surface area contributed by atoms with Crippen LogP contribution in [0.1, 0.15) is 76.0 Å². The molecule has 2 N–H and O–H groups in total. The molecule has 3 fully saturated rings. The lowest BCUT2D eigenvalue weighted by atomic mass is 9.48. The van der Waals surface area contributed by atoms with Crippen LogP contribution in [0.15, 0.2) is 66.2 Å². The quantitative estimate of drug-likeness (QED) is 0.444. The first-order chi connectivity index (χ1) is 18.8. The van der Waals surface area contributed by atoms with Gasteiger partial charge >= 0.3 is 0 Å². The van der Waals surface area contributed by atoms with E-state index in [-0.39, 0.29) is 34.9 Å². The lowest BCUT2D eigenvalue weighted by Crippen LogP contribution is -2.60. The first-order valence-corrected chi connectivity index (χ1v) is 14.8. The molecule has 0 bridgehead atoms. The van der Waals surface area contributed by atoms with Crippen molar-refractivity contribution < 1.29 is 14.3 Å². The molecule has 7 atom stereocenters. The van der Waals surface area contributed by atoms with E-state index in [9.17, 15) is 9.59 Å². The molecule has 206 valence electrons. The van der Waals surface area contributed by atoms with Crippen LogP contribution in [0.25, 0.3) is 0 Å². The predicted octanol–water partition coefficient (Wildman–Crippen LogP) is 6.15. The molecule has 5 heteroatoms. The molecule has 1 heterocycles. The summed E-state index contributed by atoms with van der Waals surface area (Å²) in [5.41, 5.74) is 2.69. The molecule has 5 nitrogen and oxygen atoms in total. The van der Waals surface area contributed by atoms with Crippen molar-refractivity contribution in [2.75, 3.05) is 7.11 Å². The molecule has 0 spiro atoms. The van der Waals surface area contributed by atoms with Gasteiger partial charge in [0.1, 0.15) is 11.3 Å². The molecule has 2 aromatic rings. The summed E-state index contributed by atoms with van der Waals surface area (Å²) in [6.45, 7) is 4.82. The topological polar surface area (TPSA) is 67.4 Å². The second-order valence-corrected chi connectivity index (χ2v) is 13.0. The summed E-state index contributed by atoms with van der Waals surface area (Å²) in [7, 11) is 1.66. The minimum atomic E-state index is -0.279. The molecular formula is C34H42N2O3. The molecule has 3 saturated carbocycles. The van der Waals surface area contributed by atoms with E-state index in [1.54, 1.807) is 7.11 Å². The third-order valence-electron chi connectivity index (χ3n) is 10.9. The van der Waals surface area contributed by atoms with Gasteiger partial charge in [0.25, 0.3) is 11.8 Å². The van der Waals surface area contributed by atoms with Crippen molar-refractivity contribution in [1.82, 2.24) is 10.6 Å². The summed E-state index contributed by atoms with van der Waals surface area (Å²) >= 11 is 0. The summed E-state index contributed by atoms with van der Waals surface area (Å²) in [6.07, 6.45) is 11.4. The van der Waals surface area contributed by atoms with Gasteiger partial charge in [0, 0.05) is 11.5 Å². The van der Waals surface area contributed by atoms with Gasteiger partial charge in [0.2, 0.25) is 0 Å². The van der Waals surface area contributed by atoms with E-state index >= 15 is 0 Å². The Morgan fingerprint density at radius 3 is 2.51 bits per heavy atom. The summed E-state index contributed by atoms with van der Waals surface area (Å²) in [5.74, 6) is 2.28. The van der Waals surface area contributed by atoms with E-state index in [2.05, 4.69) is 30.6 Å². The number of amides is 2. The summed E-state index contributed by atoms with van der Waals surface area (Å²) in [5, 5.41) is 6.52. The predicted molar refractivity (Wildman–Crippen MR) is 153 cm³/mol. The van der Waals surface area contributed by atoms with Crippen molar-refractivity contribution in [2.45, 2.75) is 77.3 Å². The highest BCUT2D eigenvalue weighted by Crippen LogP contribution is 2.63. The highest BCUT2D eigenvalue weighted by atomic mass is 16.5. The summed E-state index contributed by atoms with van der Waals surface area (Å²) < 4.78 is 5.31. The first-order valence-electron chi connectivity index (χ1n) is 14.8. The van der Waals surface area contributed by atoms with Crippen LogP contribution in [-0.4, -0.2) is 25.0 Å². The average molecular weight is 527 g/mol. The van der Waals surface area contributed by atoms with Crippen molar-refractivity contribution in [3.63, 3.8) is 0 Å². The number of rotatable bonds is 6. The lowest BCUT2D eigenvalue weighted by molar-refractivity contribution is -0.128. The molecule has 6 rings (SSSR count). The fourth-order valence-corrected chi connectivity index (χ4v) is 8.77. The molecule has 2 aromatic carbocycles. The molecular weight excluding hydrogens is 484 g/mol. The maximum atomic E-state index is 13.8. The number of carbonyl (C=O) groups excluding carboxylic acids is 2. The third kappa shape index (κ3) is 4.68. The fraction of sp³-hybridized carbons (Fsp3) is 0.529. The van der Waals surface area contributed by atoms with Crippen LogP contribution in [0.2, 0.25) is 0 Å². The Bertz CT molecular complexity index is 1250. The number of benzene rings is 2. The smallest absolute Gasteiger partial charge is 0.257 e. The molecule has 0 radical (unpaired) electrons. The Kier molecular flexibility index (Phi) is 6.81. The van der Waals surface area contributed by atoms with Crippen molar-refractivity contribution >= 4 is 11.8 Å². The zero-order chi connectivity index (χ0) is 27.2. The Morgan fingerprint density at radius 1 is 1.00 bits per heavy atom. The maximum absolute atomic E-state index is 13.8. The molecule has 4 aliphatic rings. The zero-order valence-electron chi connectivity index (χ0n) is 23.5. The van der Waals surface area contributed by atoms with E-state index in [1.165, 1.54) is 38.5 Å². The van der Waals surface area contributed by atoms with Gasteiger partial charge < -0.3 is 15.4 Å². The van der Waals surface area contributed by atoms with Gasteiger partial charge in [-0.15, -0.1) is 0 Å². The van der Waals surface area contributed by atoms with E-state index < -0.39 is 0 Å². The Labute approximate surface area is 232 Å². The van der Waals surface area contributed by atoms with Crippen LogP contribution in [0.4, 0.5) is 0 Å². The monoisotopic (exact) mass is 526 g/mol. The van der Waals surface area contributed by atoms with E-state index in [0.29, 0.717) is 23.7 Å². The van der Waals surface area contributed by atoms with Crippen LogP contribution < -0.4 is 15.4 Å². The van der Waals surface area contributed by atoms with Gasteiger partial charge in [0.05, 0.1) is 13.2 Å². The van der Waals surface area contributed by atoms with Gasteiger partial charge in [0.15, 0.2) is 0 Å². The van der Waals surface area contributed by atoms with E-state index in [1.807, 2.05) is 54.6 Å². The Balaban J connectivity index is 1.27. The van der Waals surface area contributed by atoms with Gasteiger partial charge in [-0.3, -0.25) is 9.59 Å². The first kappa shape index (κ1) is 26.2. The highest BCUT2D eigenvalue weighted by Gasteiger charge is 2.58. The molecule has 2 unspecified atom stereocenters. The zero-order valence-corrected chi connectivity index (χ0v) is 23.5. The molecule has 0 saturated heterocycles. The number of ether oxygens (including phenoxy) is 1. The number of methoxy groups -OCH3 is 1. The Hall–Kier alpha value is -3.08.